The van der Waals surface area contributed by atoms with Gasteiger partial charge in [0.05, 0.1) is 0 Å². The number of hydrogen-bond acceptors (Lipinski definition) is 3. The van der Waals surface area contributed by atoms with Crippen molar-refractivity contribution in [2.45, 2.75) is 32.6 Å². The van der Waals surface area contributed by atoms with E-state index in [1.807, 2.05) is 16.9 Å². The molecule has 0 fully saturated rings. The Morgan fingerprint density at radius 3 is 2.71 bits per heavy atom. The molecule has 0 aliphatic rings. The van der Waals surface area contributed by atoms with Crippen LogP contribution in [0.4, 0.5) is 0 Å². The van der Waals surface area contributed by atoms with Crippen LogP contribution in [-0.4, -0.2) is 24.0 Å². The summed E-state index contributed by atoms with van der Waals surface area (Å²) < 4.78 is 12.1. The lowest BCUT2D eigenvalue weighted by Crippen LogP contribution is -2.06. The summed E-state index contributed by atoms with van der Waals surface area (Å²) in [5.74, 6) is 0. The van der Waals surface area contributed by atoms with Crippen LogP contribution in [0.2, 0.25) is 0 Å². The average Bonchev–Trinajstić information content (AvgIpc) is 2.65. The summed E-state index contributed by atoms with van der Waals surface area (Å²) in [6.45, 7) is 3.12. The molecule has 4 nitrogen and oxygen atoms in total. The van der Waals surface area contributed by atoms with Crippen LogP contribution in [0.5, 0.6) is 0 Å². The van der Waals surface area contributed by atoms with Crippen molar-refractivity contribution < 1.29 is 9.47 Å². The van der Waals surface area contributed by atoms with Gasteiger partial charge in [-0.25, -0.2) is 0 Å². The Morgan fingerprint density at radius 1 is 1.43 bits per heavy atom. The zero-order chi connectivity index (χ0) is 10.4. The first-order chi connectivity index (χ1) is 6.81. The molecule has 0 spiro atoms. The number of rotatable bonds is 6. The van der Waals surface area contributed by atoms with Crippen LogP contribution in [0.1, 0.15) is 31.7 Å². The minimum absolute atomic E-state index is 0.349. The molecule has 0 N–H and O–H groups in total. The lowest BCUT2D eigenvalue weighted by atomic mass is 10.3. The standard InChI is InChI=1S/C10H18N2O2/c1-4-5-7-12-8-6-9(11-12)10(13-2)14-3/h6,8,10H,4-5,7H2,1-3H3. The minimum atomic E-state index is -0.349. The summed E-state index contributed by atoms with van der Waals surface area (Å²) in [4.78, 5) is 0. The van der Waals surface area contributed by atoms with Crippen molar-refractivity contribution in [2.75, 3.05) is 14.2 Å². The highest BCUT2D eigenvalue weighted by molar-refractivity contribution is 5.00. The molecule has 1 heterocycles. The summed E-state index contributed by atoms with van der Waals surface area (Å²) in [5, 5.41) is 4.36. The first kappa shape index (κ1) is 11.2. The van der Waals surface area contributed by atoms with Gasteiger partial charge in [0.15, 0.2) is 0 Å². The molecule has 0 bridgehead atoms. The molecule has 0 atom stereocenters. The second-order valence-electron chi connectivity index (χ2n) is 3.16. The van der Waals surface area contributed by atoms with Gasteiger partial charge in [0.2, 0.25) is 6.29 Å². The molecular weight excluding hydrogens is 180 g/mol. The van der Waals surface area contributed by atoms with Crippen LogP contribution in [0.25, 0.3) is 0 Å². The highest BCUT2D eigenvalue weighted by Crippen LogP contribution is 2.14. The average molecular weight is 198 g/mol. The van der Waals surface area contributed by atoms with Gasteiger partial charge in [-0.15, -0.1) is 0 Å². The normalized spacial score (nSPS) is 11.1. The summed E-state index contributed by atoms with van der Waals surface area (Å²) >= 11 is 0. The molecule has 14 heavy (non-hydrogen) atoms. The number of aromatic nitrogens is 2. The first-order valence-corrected chi connectivity index (χ1v) is 4.90. The van der Waals surface area contributed by atoms with Gasteiger partial charge in [0.1, 0.15) is 5.69 Å². The first-order valence-electron chi connectivity index (χ1n) is 4.90. The van der Waals surface area contributed by atoms with E-state index in [9.17, 15) is 0 Å². The number of hydrogen-bond donors (Lipinski definition) is 0. The molecular formula is C10H18N2O2. The van der Waals surface area contributed by atoms with Crippen molar-refractivity contribution in [1.82, 2.24) is 9.78 Å². The van der Waals surface area contributed by atoms with Crippen LogP contribution in [0.15, 0.2) is 12.3 Å². The molecule has 1 rings (SSSR count). The molecule has 0 unspecified atom stereocenters. The topological polar surface area (TPSA) is 36.3 Å². The minimum Gasteiger partial charge on any atom is -0.350 e. The Kier molecular flexibility index (Phi) is 4.62. The second kappa shape index (κ2) is 5.78. The van der Waals surface area contributed by atoms with E-state index in [-0.39, 0.29) is 6.29 Å². The molecule has 0 aliphatic heterocycles. The zero-order valence-electron chi connectivity index (χ0n) is 9.06. The molecule has 0 saturated carbocycles. The summed E-state index contributed by atoms with van der Waals surface area (Å²) in [5.41, 5.74) is 0.825. The lowest BCUT2D eigenvalue weighted by Gasteiger charge is -2.09. The molecule has 1 aromatic rings. The van der Waals surface area contributed by atoms with Gasteiger partial charge in [-0.2, -0.15) is 5.10 Å². The van der Waals surface area contributed by atoms with Crippen molar-refractivity contribution in [3.63, 3.8) is 0 Å². The van der Waals surface area contributed by atoms with E-state index >= 15 is 0 Å². The van der Waals surface area contributed by atoms with Gasteiger partial charge in [0.25, 0.3) is 0 Å². The van der Waals surface area contributed by atoms with Crippen LogP contribution < -0.4 is 0 Å². The van der Waals surface area contributed by atoms with Crippen LogP contribution in [-0.2, 0) is 16.0 Å². The number of ether oxygens (including phenoxy) is 2. The van der Waals surface area contributed by atoms with E-state index in [0.717, 1.165) is 18.7 Å². The van der Waals surface area contributed by atoms with E-state index in [1.165, 1.54) is 6.42 Å². The van der Waals surface area contributed by atoms with E-state index in [0.29, 0.717) is 0 Å². The zero-order valence-corrected chi connectivity index (χ0v) is 9.06. The van der Waals surface area contributed by atoms with Crippen LogP contribution in [0, 0.1) is 0 Å². The third kappa shape index (κ3) is 2.82. The summed E-state index contributed by atoms with van der Waals surface area (Å²) in [6, 6.07) is 1.92. The van der Waals surface area contributed by atoms with Crippen molar-refractivity contribution in [3.05, 3.63) is 18.0 Å². The Hall–Kier alpha value is -0.870. The Balaban J connectivity index is 2.57. The van der Waals surface area contributed by atoms with Gasteiger partial charge in [-0.05, 0) is 12.5 Å². The number of nitrogens with zero attached hydrogens (tertiary/aromatic N) is 2. The van der Waals surface area contributed by atoms with E-state index in [4.69, 9.17) is 9.47 Å². The van der Waals surface area contributed by atoms with Gasteiger partial charge in [-0.3, -0.25) is 4.68 Å². The molecule has 0 radical (unpaired) electrons. The fraction of sp³-hybridized carbons (Fsp3) is 0.700. The van der Waals surface area contributed by atoms with Crippen molar-refractivity contribution in [2.24, 2.45) is 0 Å². The van der Waals surface area contributed by atoms with Gasteiger partial charge in [0, 0.05) is 27.0 Å². The highest BCUT2D eigenvalue weighted by atomic mass is 16.7. The van der Waals surface area contributed by atoms with Gasteiger partial charge in [-0.1, -0.05) is 13.3 Å². The molecule has 80 valence electrons. The van der Waals surface area contributed by atoms with Gasteiger partial charge < -0.3 is 9.47 Å². The Labute approximate surface area is 84.8 Å². The third-order valence-electron chi connectivity index (χ3n) is 2.07. The predicted octanol–water partition coefficient (Wildman–Crippen LogP) is 1.97. The molecule has 0 amide bonds. The Morgan fingerprint density at radius 2 is 2.14 bits per heavy atom. The van der Waals surface area contributed by atoms with Gasteiger partial charge >= 0.3 is 0 Å². The van der Waals surface area contributed by atoms with Crippen molar-refractivity contribution >= 4 is 0 Å². The van der Waals surface area contributed by atoms with E-state index in [1.54, 1.807) is 14.2 Å². The number of methoxy groups -OCH3 is 2. The third-order valence-corrected chi connectivity index (χ3v) is 2.07. The molecule has 0 aromatic carbocycles. The van der Waals surface area contributed by atoms with E-state index < -0.39 is 0 Å². The molecule has 1 aromatic heterocycles. The maximum absolute atomic E-state index is 5.11. The molecule has 0 saturated heterocycles. The largest absolute Gasteiger partial charge is 0.350 e. The molecule has 0 aliphatic carbocycles. The second-order valence-corrected chi connectivity index (χ2v) is 3.16. The maximum atomic E-state index is 5.11. The SMILES string of the molecule is CCCCn1ccc(C(OC)OC)n1. The highest BCUT2D eigenvalue weighted by Gasteiger charge is 2.11. The Bertz CT molecular complexity index is 256. The van der Waals surface area contributed by atoms with Crippen LogP contribution in [0.3, 0.4) is 0 Å². The smallest absolute Gasteiger partial charge is 0.202 e. The van der Waals surface area contributed by atoms with E-state index in [2.05, 4.69) is 12.0 Å². The summed E-state index contributed by atoms with van der Waals surface area (Å²) in [7, 11) is 3.22. The molecule has 4 heteroatoms. The maximum Gasteiger partial charge on any atom is 0.202 e. The van der Waals surface area contributed by atoms with Crippen LogP contribution >= 0.6 is 0 Å². The predicted molar refractivity (Wildman–Crippen MR) is 53.9 cm³/mol. The monoisotopic (exact) mass is 198 g/mol. The quantitative estimate of drug-likeness (QED) is 0.656. The van der Waals surface area contributed by atoms with Crippen molar-refractivity contribution in [3.8, 4) is 0 Å². The number of unbranched alkanes of at least 4 members (excludes halogenated alkanes) is 1. The lowest BCUT2D eigenvalue weighted by molar-refractivity contribution is -0.108. The summed E-state index contributed by atoms with van der Waals surface area (Å²) in [6.07, 6.45) is 3.92. The van der Waals surface area contributed by atoms with Crippen molar-refractivity contribution in [1.29, 1.82) is 0 Å². The fourth-order valence-corrected chi connectivity index (χ4v) is 1.29. The number of aryl methyl sites for hydroxylation is 1. The fourth-order valence-electron chi connectivity index (χ4n) is 1.29.